The molecule has 1 rings (SSSR count). The summed E-state index contributed by atoms with van der Waals surface area (Å²) in [6.45, 7) is 2.42. The standard InChI is InChI=1S/C12H22N2O4S/c1-8(7-19-4)13(2)12(17)14(3)10-6-18-5-9(10)11(15)16/h8-10H,5-7H2,1-4H3,(H,15,16). The summed E-state index contributed by atoms with van der Waals surface area (Å²) in [7, 11) is 3.38. The maximum atomic E-state index is 12.3. The van der Waals surface area contributed by atoms with Gasteiger partial charge >= 0.3 is 12.0 Å². The van der Waals surface area contributed by atoms with E-state index in [1.807, 2.05) is 13.2 Å². The van der Waals surface area contributed by atoms with Crippen LogP contribution in [0.25, 0.3) is 0 Å². The Labute approximate surface area is 118 Å². The molecule has 1 fully saturated rings. The molecule has 1 N–H and O–H groups in total. The number of urea groups is 1. The first-order valence-electron chi connectivity index (χ1n) is 6.19. The first-order chi connectivity index (χ1) is 8.90. The summed E-state index contributed by atoms with van der Waals surface area (Å²) < 4.78 is 5.19. The highest BCUT2D eigenvalue weighted by molar-refractivity contribution is 7.98. The number of thioether (sulfide) groups is 1. The summed E-state index contributed by atoms with van der Waals surface area (Å²) in [6.07, 6.45) is 1.99. The Hall–Kier alpha value is -0.950. The Bertz CT molecular complexity index is 340. The zero-order valence-corrected chi connectivity index (χ0v) is 12.6. The van der Waals surface area contributed by atoms with Gasteiger partial charge in [-0.05, 0) is 13.2 Å². The van der Waals surface area contributed by atoms with Gasteiger partial charge in [-0.3, -0.25) is 4.79 Å². The molecule has 7 heteroatoms. The maximum absolute atomic E-state index is 12.3. The van der Waals surface area contributed by atoms with Crippen molar-refractivity contribution in [2.24, 2.45) is 5.92 Å². The van der Waals surface area contributed by atoms with E-state index in [2.05, 4.69) is 0 Å². The Morgan fingerprint density at radius 3 is 2.58 bits per heavy atom. The van der Waals surface area contributed by atoms with Crippen molar-refractivity contribution < 1.29 is 19.4 Å². The fourth-order valence-electron chi connectivity index (χ4n) is 2.09. The highest BCUT2D eigenvalue weighted by atomic mass is 32.2. The van der Waals surface area contributed by atoms with Crippen LogP contribution in [0, 0.1) is 5.92 Å². The minimum Gasteiger partial charge on any atom is -0.481 e. The minimum atomic E-state index is -0.915. The molecule has 110 valence electrons. The van der Waals surface area contributed by atoms with Crippen molar-refractivity contribution in [1.29, 1.82) is 0 Å². The van der Waals surface area contributed by atoms with E-state index in [0.717, 1.165) is 5.75 Å². The second kappa shape index (κ2) is 7.00. The number of hydrogen-bond acceptors (Lipinski definition) is 4. The van der Waals surface area contributed by atoms with Gasteiger partial charge in [0.05, 0.1) is 19.3 Å². The fraction of sp³-hybridized carbons (Fsp3) is 0.833. The minimum absolute atomic E-state index is 0.107. The third kappa shape index (κ3) is 3.76. The van der Waals surface area contributed by atoms with Crippen molar-refractivity contribution in [2.75, 3.05) is 39.3 Å². The van der Waals surface area contributed by atoms with Gasteiger partial charge in [-0.15, -0.1) is 0 Å². The first-order valence-corrected chi connectivity index (χ1v) is 7.58. The molecule has 0 saturated carbocycles. The van der Waals surface area contributed by atoms with Crippen LogP contribution in [0.5, 0.6) is 0 Å². The lowest BCUT2D eigenvalue weighted by Gasteiger charge is -2.33. The van der Waals surface area contributed by atoms with Crippen LogP contribution < -0.4 is 0 Å². The van der Waals surface area contributed by atoms with E-state index in [4.69, 9.17) is 9.84 Å². The Morgan fingerprint density at radius 1 is 1.42 bits per heavy atom. The molecule has 1 saturated heterocycles. The quantitative estimate of drug-likeness (QED) is 0.812. The number of carbonyl (C=O) groups excluding carboxylic acids is 1. The lowest BCUT2D eigenvalue weighted by molar-refractivity contribution is -0.142. The fourth-order valence-corrected chi connectivity index (χ4v) is 2.80. The van der Waals surface area contributed by atoms with Gasteiger partial charge < -0.3 is 19.6 Å². The van der Waals surface area contributed by atoms with Crippen molar-refractivity contribution in [2.45, 2.75) is 19.0 Å². The van der Waals surface area contributed by atoms with Gasteiger partial charge in [0.15, 0.2) is 0 Å². The largest absolute Gasteiger partial charge is 0.481 e. The number of nitrogens with zero attached hydrogens (tertiary/aromatic N) is 2. The average Bonchev–Trinajstić information content (AvgIpc) is 2.85. The van der Waals surface area contributed by atoms with Crippen LogP contribution in [0.4, 0.5) is 4.79 Å². The normalized spacial score (nSPS) is 24.0. The maximum Gasteiger partial charge on any atom is 0.320 e. The average molecular weight is 290 g/mol. The number of amides is 2. The number of carboxylic acids is 1. The molecule has 0 aromatic carbocycles. The molecule has 19 heavy (non-hydrogen) atoms. The monoisotopic (exact) mass is 290 g/mol. The van der Waals surface area contributed by atoms with Crippen LogP contribution >= 0.6 is 11.8 Å². The smallest absolute Gasteiger partial charge is 0.320 e. The number of hydrogen-bond donors (Lipinski definition) is 1. The first kappa shape index (κ1) is 16.1. The third-order valence-corrected chi connectivity index (χ3v) is 4.35. The topological polar surface area (TPSA) is 70.1 Å². The van der Waals surface area contributed by atoms with Crippen LogP contribution in [0.3, 0.4) is 0 Å². The molecule has 0 aliphatic carbocycles. The number of carboxylic acid groups (broad SMARTS) is 1. The molecular weight excluding hydrogens is 268 g/mol. The molecule has 0 aromatic rings. The van der Waals surface area contributed by atoms with Gasteiger partial charge in [0, 0.05) is 25.9 Å². The van der Waals surface area contributed by atoms with Crippen molar-refractivity contribution >= 4 is 23.8 Å². The highest BCUT2D eigenvalue weighted by Crippen LogP contribution is 2.20. The van der Waals surface area contributed by atoms with Crippen LogP contribution in [-0.4, -0.2) is 78.3 Å². The van der Waals surface area contributed by atoms with Crippen LogP contribution in [-0.2, 0) is 9.53 Å². The number of aliphatic carboxylic acids is 1. The van der Waals surface area contributed by atoms with Crippen molar-refractivity contribution in [3.63, 3.8) is 0 Å². The predicted molar refractivity (Wildman–Crippen MR) is 74.5 cm³/mol. The highest BCUT2D eigenvalue weighted by Gasteiger charge is 2.39. The zero-order chi connectivity index (χ0) is 14.6. The SMILES string of the molecule is CSCC(C)N(C)C(=O)N(C)C1COCC1C(=O)O. The van der Waals surface area contributed by atoms with Crippen LogP contribution in [0.1, 0.15) is 6.92 Å². The summed E-state index contributed by atoms with van der Waals surface area (Å²) in [5, 5.41) is 9.11. The van der Waals surface area contributed by atoms with Gasteiger partial charge in [0.2, 0.25) is 0 Å². The van der Waals surface area contributed by atoms with Gasteiger partial charge in [0.25, 0.3) is 0 Å². The molecule has 0 radical (unpaired) electrons. The van der Waals surface area contributed by atoms with E-state index in [1.165, 1.54) is 4.90 Å². The Morgan fingerprint density at radius 2 is 2.05 bits per heavy atom. The summed E-state index contributed by atoms with van der Waals surface area (Å²) in [5.41, 5.74) is 0. The Kier molecular flexibility index (Phi) is 5.93. The van der Waals surface area contributed by atoms with Crippen LogP contribution in [0.15, 0.2) is 0 Å². The van der Waals surface area contributed by atoms with Gasteiger partial charge in [-0.2, -0.15) is 11.8 Å². The zero-order valence-electron chi connectivity index (χ0n) is 11.8. The van der Waals surface area contributed by atoms with E-state index in [1.54, 1.807) is 30.8 Å². The molecule has 0 bridgehead atoms. The third-order valence-electron chi connectivity index (χ3n) is 3.54. The molecule has 1 heterocycles. The van der Waals surface area contributed by atoms with E-state index < -0.39 is 17.9 Å². The number of carbonyl (C=O) groups is 2. The predicted octanol–water partition coefficient (Wildman–Crippen LogP) is 0.821. The van der Waals surface area contributed by atoms with Crippen molar-refractivity contribution in [1.82, 2.24) is 9.80 Å². The second-order valence-corrected chi connectivity index (χ2v) is 5.77. The van der Waals surface area contributed by atoms with Crippen molar-refractivity contribution in [3.05, 3.63) is 0 Å². The van der Waals surface area contributed by atoms with E-state index in [0.29, 0.717) is 0 Å². The number of likely N-dealkylation sites (N-methyl/N-ethyl adjacent to an activating group) is 1. The lowest BCUT2D eigenvalue weighted by atomic mass is 10.0. The van der Waals surface area contributed by atoms with Gasteiger partial charge in [-0.1, -0.05) is 0 Å². The summed E-state index contributed by atoms with van der Waals surface area (Å²) in [6, 6.07) is -0.451. The van der Waals surface area contributed by atoms with Crippen molar-refractivity contribution in [3.8, 4) is 0 Å². The number of rotatable bonds is 5. The molecule has 0 spiro atoms. The Balaban J connectivity index is 2.68. The van der Waals surface area contributed by atoms with Gasteiger partial charge in [-0.25, -0.2) is 4.79 Å². The van der Waals surface area contributed by atoms with Gasteiger partial charge in [0.1, 0.15) is 5.92 Å². The molecular formula is C12H22N2O4S. The van der Waals surface area contributed by atoms with Crippen LogP contribution in [0.2, 0.25) is 0 Å². The molecule has 1 aliphatic rings. The lowest BCUT2D eigenvalue weighted by Crippen LogP contribution is -2.51. The molecule has 1 aliphatic heterocycles. The summed E-state index contributed by atoms with van der Waals surface area (Å²) in [5.74, 6) is -0.709. The molecule has 0 aromatic heterocycles. The summed E-state index contributed by atoms with van der Waals surface area (Å²) in [4.78, 5) is 26.6. The van der Waals surface area contributed by atoms with E-state index in [9.17, 15) is 9.59 Å². The molecule has 2 amide bonds. The number of ether oxygens (including phenoxy) is 1. The molecule has 6 nitrogen and oxygen atoms in total. The molecule has 3 unspecified atom stereocenters. The van der Waals surface area contributed by atoms with E-state index >= 15 is 0 Å². The summed E-state index contributed by atoms with van der Waals surface area (Å²) >= 11 is 1.67. The molecule has 3 atom stereocenters. The second-order valence-electron chi connectivity index (χ2n) is 4.86. The van der Waals surface area contributed by atoms with E-state index in [-0.39, 0.29) is 25.3 Å².